The van der Waals surface area contributed by atoms with Gasteiger partial charge in [-0.1, -0.05) is 49.0 Å². The molecule has 2 aromatic carbocycles. The molecular formula is C27H32ClFN4. The molecule has 0 amide bonds. The summed E-state index contributed by atoms with van der Waals surface area (Å²) in [6, 6.07) is 12.6. The summed E-state index contributed by atoms with van der Waals surface area (Å²) in [5, 5.41) is 3.93. The van der Waals surface area contributed by atoms with Crippen LogP contribution in [0.2, 0.25) is 5.02 Å². The summed E-state index contributed by atoms with van der Waals surface area (Å²) in [7, 11) is 1.83. The largest absolute Gasteiger partial charge is 0.361 e. The second-order valence-corrected chi connectivity index (χ2v) is 8.83. The minimum absolute atomic E-state index is 0.125. The van der Waals surface area contributed by atoms with Crippen LogP contribution in [0.4, 0.5) is 10.1 Å². The lowest BCUT2D eigenvalue weighted by Crippen LogP contribution is -2.54. The van der Waals surface area contributed by atoms with Gasteiger partial charge in [0.1, 0.15) is 5.82 Å². The van der Waals surface area contributed by atoms with E-state index in [1.165, 1.54) is 12.1 Å². The molecule has 174 valence electrons. The molecule has 1 heterocycles. The van der Waals surface area contributed by atoms with Crippen molar-refractivity contribution in [2.75, 3.05) is 32.0 Å². The van der Waals surface area contributed by atoms with Crippen molar-refractivity contribution in [2.24, 2.45) is 4.99 Å². The topological polar surface area (TPSA) is 30.9 Å². The third kappa shape index (κ3) is 6.80. The van der Waals surface area contributed by atoms with Crippen LogP contribution >= 0.6 is 11.6 Å². The highest BCUT2D eigenvalue weighted by Gasteiger charge is 2.29. The number of rotatable bonds is 8. The quantitative estimate of drug-likeness (QED) is 0.369. The number of benzene rings is 2. The Labute approximate surface area is 201 Å². The number of allylic oxidation sites excluding steroid dienone is 2. The molecule has 0 aliphatic carbocycles. The molecular weight excluding hydrogens is 435 g/mol. The fraction of sp³-hybridized carbons (Fsp3) is 0.296. The van der Waals surface area contributed by atoms with E-state index in [1.54, 1.807) is 0 Å². The Hall–Kier alpha value is -2.89. The number of nitrogens with one attached hydrogen (secondary N) is 1. The lowest BCUT2D eigenvalue weighted by Gasteiger charge is -2.43. The molecule has 4 nitrogen and oxygen atoms in total. The van der Waals surface area contributed by atoms with Gasteiger partial charge < -0.3 is 10.2 Å². The van der Waals surface area contributed by atoms with Crippen molar-refractivity contribution in [1.82, 2.24) is 9.80 Å². The van der Waals surface area contributed by atoms with Gasteiger partial charge >= 0.3 is 0 Å². The maximum absolute atomic E-state index is 13.3. The minimum atomic E-state index is -0.208. The van der Waals surface area contributed by atoms with Crippen molar-refractivity contribution >= 4 is 29.1 Å². The van der Waals surface area contributed by atoms with Crippen molar-refractivity contribution in [3.63, 3.8) is 0 Å². The second-order valence-electron chi connectivity index (χ2n) is 8.40. The molecule has 1 aliphatic heterocycles. The van der Waals surface area contributed by atoms with Crippen LogP contribution in [0.3, 0.4) is 0 Å². The van der Waals surface area contributed by atoms with Crippen molar-refractivity contribution in [1.29, 1.82) is 0 Å². The van der Waals surface area contributed by atoms with Gasteiger partial charge in [-0.15, -0.1) is 0 Å². The Morgan fingerprint density at radius 3 is 2.58 bits per heavy atom. The van der Waals surface area contributed by atoms with E-state index in [2.05, 4.69) is 40.2 Å². The smallest absolute Gasteiger partial charge is 0.123 e. The monoisotopic (exact) mass is 466 g/mol. The van der Waals surface area contributed by atoms with Gasteiger partial charge in [-0.05, 0) is 55.3 Å². The molecule has 0 bridgehead atoms. The van der Waals surface area contributed by atoms with Gasteiger partial charge in [0, 0.05) is 61.0 Å². The van der Waals surface area contributed by atoms with E-state index < -0.39 is 0 Å². The van der Waals surface area contributed by atoms with Crippen LogP contribution in [-0.2, 0) is 6.54 Å². The number of halogens is 2. The number of piperazine rings is 1. The highest BCUT2D eigenvalue weighted by molar-refractivity contribution is 6.31. The minimum Gasteiger partial charge on any atom is -0.361 e. The van der Waals surface area contributed by atoms with Crippen molar-refractivity contribution in [2.45, 2.75) is 26.4 Å². The van der Waals surface area contributed by atoms with Gasteiger partial charge in [-0.2, -0.15) is 0 Å². The number of nitrogens with zero attached hydrogens (tertiary/aromatic N) is 3. The Balaban J connectivity index is 1.74. The van der Waals surface area contributed by atoms with Gasteiger partial charge in [0.25, 0.3) is 0 Å². The zero-order chi connectivity index (χ0) is 24.0. The molecule has 1 fully saturated rings. The summed E-state index contributed by atoms with van der Waals surface area (Å²) in [6.45, 7) is 15.6. The predicted octanol–water partition coefficient (Wildman–Crippen LogP) is 6.23. The van der Waals surface area contributed by atoms with E-state index in [9.17, 15) is 4.39 Å². The molecule has 1 N–H and O–H groups in total. The zero-order valence-corrected chi connectivity index (χ0v) is 20.4. The molecule has 0 spiro atoms. The first-order chi connectivity index (χ1) is 15.8. The van der Waals surface area contributed by atoms with Crippen LogP contribution in [0.5, 0.6) is 0 Å². The van der Waals surface area contributed by atoms with Crippen LogP contribution in [0.25, 0.3) is 6.08 Å². The van der Waals surface area contributed by atoms with E-state index >= 15 is 0 Å². The molecule has 3 rings (SSSR count). The summed E-state index contributed by atoms with van der Waals surface area (Å²) in [5.41, 5.74) is 5.86. The highest BCUT2D eigenvalue weighted by atomic mass is 35.5. The summed E-state index contributed by atoms with van der Waals surface area (Å²) in [6.07, 6.45) is 4.09. The van der Waals surface area contributed by atoms with E-state index in [1.807, 2.05) is 56.5 Å². The summed E-state index contributed by atoms with van der Waals surface area (Å²) in [5.74, 6) is -0.208. The molecule has 0 aromatic heterocycles. The van der Waals surface area contributed by atoms with Crippen LogP contribution in [-0.4, -0.2) is 48.2 Å². The van der Waals surface area contributed by atoms with Gasteiger partial charge in [0.15, 0.2) is 0 Å². The van der Waals surface area contributed by atoms with E-state index in [0.29, 0.717) is 5.02 Å². The SMILES string of the molecule is C=C(C)Nc1cc(Cl)ccc1/C=C/C(=C)N1CCN(Cc2ccc(F)cc2)C[C@H]1C(C)=NC. The van der Waals surface area contributed by atoms with Gasteiger partial charge in [0.05, 0.1) is 6.04 Å². The first kappa shape index (κ1) is 24.7. The molecule has 0 radical (unpaired) electrons. The first-order valence-electron chi connectivity index (χ1n) is 11.0. The fourth-order valence-electron chi connectivity index (χ4n) is 3.98. The van der Waals surface area contributed by atoms with E-state index in [4.69, 9.17) is 11.6 Å². The molecule has 6 heteroatoms. The van der Waals surface area contributed by atoms with E-state index in [-0.39, 0.29) is 11.9 Å². The Morgan fingerprint density at radius 1 is 1.18 bits per heavy atom. The van der Waals surface area contributed by atoms with E-state index in [0.717, 1.165) is 60.1 Å². The second kappa shape index (κ2) is 11.3. The van der Waals surface area contributed by atoms with Crippen LogP contribution in [0.15, 0.2) is 78.1 Å². The van der Waals surface area contributed by atoms with Gasteiger partial charge in [-0.3, -0.25) is 9.89 Å². The molecule has 0 unspecified atom stereocenters. The predicted molar refractivity (Wildman–Crippen MR) is 139 cm³/mol. The molecule has 1 saturated heterocycles. The molecule has 1 aliphatic rings. The average molecular weight is 467 g/mol. The lowest BCUT2D eigenvalue weighted by atomic mass is 10.0. The van der Waals surface area contributed by atoms with Crippen molar-refractivity contribution in [3.05, 3.63) is 95.1 Å². The Bertz CT molecular complexity index is 1060. The summed E-state index contributed by atoms with van der Waals surface area (Å²) < 4.78 is 13.3. The Kier molecular flexibility index (Phi) is 8.48. The van der Waals surface area contributed by atoms with Crippen LogP contribution in [0.1, 0.15) is 25.0 Å². The van der Waals surface area contributed by atoms with Gasteiger partial charge in [0.2, 0.25) is 0 Å². The maximum Gasteiger partial charge on any atom is 0.123 e. The molecule has 0 saturated carbocycles. The number of hydrogen-bond acceptors (Lipinski definition) is 4. The fourth-order valence-corrected chi connectivity index (χ4v) is 4.15. The maximum atomic E-state index is 13.3. The van der Waals surface area contributed by atoms with Crippen LogP contribution in [0, 0.1) is 5.82 Å². The Morgan fingerprint density at radius 2 is 1.91 bits per heavy atom. The third-order valence-corrected chi connectivity index (χ3v) is 6.04. The average Bonchev–Trinajstić information content (AvgIpc) is 2.79. The number of aliphatic imine (C=N–C) groups is 1. The number of hydrogen-bond donors (Lipinski definition) is 1. The zero-order valence-electron chi connectivity index (χ0n) is 19.6. The highest BCUT2D eigenvalue weighted by Crippen LogP contribution is 2.25. The normalized spacial score (nSPS) is 17.4. The lowest BCUT2D eigenvalue weighted by molar-refractivity contribution is 0.130. The van der Waals surface area contributed by atoms with Crippen molar-refractivity contribution < 1.29 is 4.39 Å². The van der Waals surface area contributed by atoms with Crippen LogP contribution < -0.4 is 5.32 Å². The third-order valence-electron chi connectivity index (χ3n) is 5.81. The van der Waals surface area contributed by atoms with Gasteiger partial charge in [-0.25, -0.2) is 4.39 Å². The summed E-state index contributed by atoms with van der Waals surface area (Å²) >= 11 is 6.18. The number of anilines is 1. The standard InChI is InChI=1S/C27H32ClFN4/c1-19(2)31-26-16-24(28)11-10-23(26)9-6-20(3)33-15-14-32(18-27(33)21(4)30-5)17-22-7-12-25(29)13-8-22/h6-13,16,27,31H,1,3,14-15,17-18H2,2,4-5H3/b9-6+,30-21?/t27-/m0/s1. The molecule has 33 heavy (non-hydrogen) atoms. The summed E-state index contributed by atoms with van der Waals surface area (Å²) in [4.78, 5) is 9.16. The molecule has 1 atom stereocenters. The first-order valence-corrected chi connectivity index (χ1v) is 11.4. The van der Waals surface area contributed by atoms with Crippen molar-refractivity contribution in [3.8, 4) is 0 Å². The molecule has 2 aromatic rings.